The molecule has 21 heavy (non-hydrogen) atoms. The first-order valence-electron chi connectivity index (χ1n) is 6.27. The fraction of sp³-hybridized carbons (Fsp3) is 0.143. The number of furan rings is 1. The van der Waals surface area contributed by atoms with Gasteiger partial charge in [-0.25, -0.2) is 0 Å². The number of pyridine rings is 1. The zero-order chi connectivity index (χ0) is 14.8. The molecule has 0 saturated heterocycles. The molecule has 0 unspecified atom stereocenters. The van der Waals surface area contributed by atoms with Gasteiger partial charge in [0.2, 0.25) is 5.91 Å². The van der Waals surface area contributed by atoms with Gasteiger partial charge >= 0.3 is 0 Å². The number of hydrogen-bond acceptors (Lipinski definition) is 5. The van der Waals surface area contributed by atoms with E-state index in [1.807, 2.05) is 0 Å². The molecule has 0 atom stereocenters. The number of fused-ring (bicyclic) bond motifs is 1. The van der Waals surface area contributed by atoms with Crippen LogP contribution in [0.4, 0.5) is 0 Å². The number of carbonyl (C=O) groups is 3. The molecule has 106 valence electrons. The van der Waals surface area contributed by atoms with E-state index >= 15 is 0 Å². The summed E-state index contributed by atoms with van der Waals surface area (Å²) in [5, 5.41) is 2.58. The van der Waals surface area contributed by atoms with E-state index in [9.17, 15) is 14.4 Å². The van der Waals surface area contributed by atoms with Crippen molar-refractivity contribution in [2.24, 2.45) is 0 Å². The molecule has 0 radical (unpaired) electrons. The normalized spacial score (nSPS) is 13.4. The first kappa shape index (κ1) is 13.0. The van der Waals surface area contributed by atoms with E-state index in [-0.39, 0.29) is 24.3 Å². The highest BCUT2D eigenvalue weighted by Gasteiger charge is 2.37. The van der Waals surface area contributed by atoms with Crippen LogP contribution in [-0.4, -0.2) is 34.2 Å². The molecule has 0 bridgehead atoms. The molecule has 7 heteroatoms. The molecule has 0 fully saturated rings. The molecule has 0 saturated carbocycles. The third kappa shape index (κ3) is 2.40. The highest BCUT2D eigenvalue weighted by Crippen LogP contribution is 2.19. The lowest BCUT2D eigenvalue weighted by molar-refractivity contribution is -0.121. The molecule has 3 amide bonds. The zero-order valence-electron chi connectivity index (χ0n) is 10.9. The number of carbonyl (C=O) groups excluding carboxylic acids is 3. The topological polar surface area (TPSA) is 92.5 Å². The van der Waals surface area contributed by atoms with E-state index in [0.717, 1.165) is 4.90 Å². The summed E-state index contributed by atoms with van der Waals surface area (Å²) in [4.78, 5) is 40.6. The van der Waals surface area contributed by atoms with Crippen molar-refractivity contribution >= 4 is 17.7 Å². The minimum Gasteiger partial charge on any atom is -0.467 e. The molecule has 0 spiro atoms. The Morgan fingerprint density at radius 2 is 2.10 bits per heavy atom. The third-order valence-electron chi connectivity index (χ3n) is 3.07. The maximum Gasteiger partial charge on any atom is 0.280 e. The van der Waals surface area contributed by atoms with Crippen LogP contribution in [0.3, 0.4) is 0 Å². The number of hydrogen-bond donors (Lipinski definition) is 1. The van der Waals surface area contributed by atoms with E-state index < -0.39 is 17.7 Å². The predicted octanol–water partition coefficient (Wildman–Crippen LogP) is 0.587. The molecular formula is C14H11N3O4. The molecule has 1 N–H and O–H groups in total. The predicted molar refractivity (Wildman–Crippen MR) is 70.2 cm³/mol. The SMILES string of the molecule is O=C(CN1C(=O)c2cccnc2C1=O)NCc1ccco1. The summed E-state index contributed by atoms with van der Waals surface area (Å²) >= 11 is 0. The van der Waals surface area contributed by atoms with Crippen LogP contribution in [0.15, 0.2) is 41.1 Å². The van der Waals surface area contributed by atoms with Gasteiger partial charge in [0.15, 0.2) is 0 Å². The Hall–Kier alpha value is -2.96. The van der Waals surface area contributed by atoms with Crippen molar-refractivity contribution in [2.75, 3.05) is 6.54 Å². The summed E-state index contributed by atoms with van der Waals surface area (Å²) < 4.78 is 5.07. The van der Waals surface area contributed by atoms with Crippen molar-refractivity contribution < 1.29 is 18.8 Å². The smallest absolute Gasteiger partial charge is 0.280 e. The number of aromatic nitrogens is 1. The number of nitrogens with one attached hydrogen (secondary N) is 1. The van der Waals surface area contributed by atoms with Crippen molar-refractivity contribution in [3.63, 3.8) is 0 Å². The van der Waals surface area contributed by atoms with Crippen LogP contribution in [0.1, 0.15) is 26.6 Å². The van der Waals surface area contributed by atoms with Gasteiger partial charge in [0, 0.05) is 6.20 Å². The Labute approximate surface area is 119 Å². The van der Waals surface area contributed by atoms with Crippen LogP contribution < -0.4 is 5.32 Å². The monoisotopic (exact) mass is 285 g/mol. The van der Waals surface area contributed by atoms with Gasteiger partial charge in [0.25, 0.3) is 11.8 Å². The van der Waals surface area contributed by atoms with Crippen molar-refractivity contribution in [1.82, 2.24) is 15.2 Å². The largest absolute Gasteiger partial charge is 0.467 e. The molecule has 0 aromatic carbocycles. The van der Waals surface area contributed by atoms with Gasteiger partial charge in [-0.15, -0.1) is 0 Å². The van der Waals surface area contributed by atoms with E-state index in [1.54, 1.807) is 18.2 Å². The van der Waals surface area contributed by atoms with Gasteiger partial charge in [-0.1, -0.05) is 0 Å². The summed E-state index contributed by atoms with van der Waals surface area (Å²) in [5.41, 5.74) is 0.308. The van der Waals surface area contributed by atoms with E-state index in [0.29, 0.717) is 5.76 Å². The van der Waals surface area contributed by atoms with E-state index in [1.165, 1.54) is 18.5 Å². The van der Waals surface area contributed by atoms with E-state index in [2.05, 4.69) is 10.3 Å². The summed E-state index contributed by atoms with van der Waals surface area (Å²) in [7, 11) is 0. The standard InChI is InChI=1S/C14H11N3O4/c18-11(16-7-9-3-2-6-21-9)8-17-13(19)10-4-1-5-15-12(10)14(17)20/h1-6H,7-8H2,(H,16,18). The van der Waals surface area contributed by atoms with Crippen LogP contribution in [0.25, 0.3) is 0 Å². The quantitative estimate of drug-likeness (QED) is 0.830. The second-order valence-electron chi connectivity index (χ2n) is 4.45. The Kier molecular flexibility index (Phi) is 3.23. The van der Waals surface area contributed by atoms with Crippen LogP contribution in [0, 0.1) is 0 Å². The lowest BCUT2D eigenvalue weighted by Crippen LogP contribution is -2.40. The van der Waals surface area contributed by atoms with Gasteiger partial charge in [0.1, 0.15) is 18.0 Å². The summed E-state index contributed by atoms with van der Waals surface area (Å²) in [6.07, 6.45) is 2.93. The van der Waals surface area contributed by atoms with Crippen molar-refractivity contribution in [3.8, 4) is 0 Å². The van der Waals surface area contributed by atoms with Crippen molar-refractivity contribution in [3.05, 3.63) is 53.7 Å². The van der Waals surface area contributed by atoms with Crippen LogP contribution in [0.2, 0.25) is 0 Å². The summed E-state index contributed by atoms with van der Waals surface area (Å²) in [5.74, 6) is -0.909. The maximum absolute atomic E-state index is 12.0. The van der Waals surface area contributed by atoms with E-state index in [4.69, 9.17) is 4.42 Å². The summed E-state index contributed by atoms with van der Waals surface area (Å²) in [6, 6.07) is 6.51. The van der Waals surface area contributed by atoms with Gasteiger partial charge in [-0.2, -0.15) is 0 Å². The Morgan fingerprint density at radius 3 is 2.81 bits per heavy atom. The van der Waals surface area contributed by atoms with Crippen LogP contribution in [0.5, 0.6) is 0 Å². The van der Waals surface area contributed by atoms with Gasteiger partial charge in [-0.05, 0) is 24.3 Å². The van der Waals surface area contributed by atoms with Crippen molar-refractivity contribution in [2.45, 2.75) is 6.54 Å². The molecule has 2 aromatic rings. The minimum absolute atomic E-state index is 0.0846. The van der Waals surface area contributed by atoms with Crippen LogP contribution >= 0.6 is 0 Å². The number of amides is 3. The molecule has 1 aliphatic rings. The fourth-order valence-corrected chi connectivity index (χ4v) is 2.06. The Morgan fingerprint density at radius 1 is 1.24 bits per heavy atom. The molecular weight excluding hydrogens is 274 g/mol. The highest BCUT2D eigenvalue weighted by molar-refractivity contribution is 6.21. The molecule has 1 aliphatic heterocycles. The highest BCUT2D eigenvalue weighted by atomic mass is 16.3. The van der Waals surface area contributed by atoms with Gasteiger partial charge < -0.3 is 9.73 Å². The van der Waals surface area contributed by atoms with Crippen molar-refractivity contribution in [1.29, 1.82) is 0 Å². The average molecular weight is 285 g/mol. The first-order chi connectivity index (χ1) is 10.2. The second-order valence-corrected chi connectivity index (χ2v) is 4.45. The molecule has 7 nitrogen and oxygen atoms in total. The fourth-order valence-electron chi connectivity index (χ4n) is 2.06. The summed E-state index contributed by atoms with van der Waals surface area (Å²) in [6.45, 7) is -0.137. The van der Waals surface area contributed by atoms with Gasteiger partial charge in [0.05, 0.1) is 18.4 Å². The molecule has 3 heterocycles. The Balaban J connectivity index is 1.65. The molecule has 2 aromatic heterocycles. The minimum atomic E-state index is -0.552. The van der Waals surface area contributed by atoms with Gasteiger partial charge in [-0.3, -0.25) is 24.3 Å². The number of rotatable bonds is 4. The molecule has 3 rings (SSSR count). The number of nitrogens with zero attached hydrogens (tertiary/aromatic N) is 2. The third-order valence-corrected chi connectivity index (χ3v) is 3.07. The number of imide groups is 1. The zero-order valence-corrected chi connectivity index (χ0v) is 10.9. The first-order valence-corrected chi connectivity index (χ1v) is 6.27. The molecule has 0 aliphatic carbocycles. The second kappa shape index (κ2) is 5.20. The lowest BCUT2D eigenvalue weighted by Gasteiger charge is -2.12. The average Bonchev–Trinajstić information content (AvgIpc) is 3.09. The Bertz CT molecular complexity index is 674. The maximum atomic E-state index is 12.0. The van der Waals surface area contributed by atoms with Crippen LogP contribution in [-0.2, 0) is 11.3 Å². The lowest BCUT2D eigenvalue weighted by atomic mass is 10.2.